The van der Waals surface area contributed by atoms with E-state index in [4.69, 9.17) is 15.3 Å². The Morgan fingerprint density at radius 1 is 0.875 bits per heavy atom. The van der Waals surface area contributed by atoms with Crippen LogP contribution in [0.2, 0.25) is 0 Å². The molecule has 0 atom stereocenters. The summed E-state index contributed by atoms with van der Waals surface area (Å²) in [6.45, 7) is 3.63. The third kappa shape index (κ3) is 6.56. The van der Waals surface area contributed by atoms with Crippen LogP contribution in [0.1, 0.15) is 25.0 Å². The lowest BCUT2D eigenvalue weighted by atomic mass is 10.1. The maximum absolute atomic E-state index is 8.17. The summed E-state index contributed by atoms with van der Waals surface area (Å²) >= 11 is 0. The van der Waals surface area contributed by atoms with Crippen LogP contribution in [0.3, 0.4) is 0 Å². The van der Waals surface area contributed by atoms with Gasteiger partial charge >= 0.3 is 0 Å². The van der Waals surface area contributed by atoms with E-state index in [-0.39, 0.29) is 13.2 Å². The Kier molecular flexibility index (Phi) is 8.81. The SMILES string of the molecule is CCc1ccc(CC)cc1.OCC(O)CO. The zero-order chi connectivity index (χ0) is 12.4. The smallest absolute Gasteiger partial charge is 0.100 e. The summed E-state index contributed by atoms with van der Waals surface area (Å²) in [5, 5.41) is 24.0. The van der Waals surface area contributed by atoms with Gasteiger partial charge in [0.25, 0.3) is 0 Å². The van der Waals surface area contributed by atoms with Crippen LogP contribution in [0.4, 0.5) is 0 Å². The van der Waals surface area contributed by atoms with Gasteiger partial charge in [0, 0.05) is 0 Å². The van der Waals surface area contributed by atoms with E-state index in [9.17, 15) is 0 Å². The number of rotatable bonds is 4. The Balaban J connectivity index is 0.000000325. The Labute approximate surface area is 97.4 Å². The molecule has 3 nitrogen and oxygen atoms in total. The van der Waals surface area contributed by atoms with E-state index in [1.807, 2.05) is 0 Å². The molecule has 16 heavy (non-hydrogen) atoms. The van der Waals surface area contributed by atoms with Crippen LogP contribution in [0, 0.1) is 0 Å². The monoisotopic (exact) mass is 226 g/mol. The van der Waals surface area contributed by atoms with Crippen molar-refractivity contribution in [2.24, 2.45) is 0 Å². The van der Waals surface area contributed by atoms with Crippen molar-refractivity contribution in [1.82, 2.24) is 0 Å². The van der Waals surface area contributed by atoms with E-state index in [1.54, 1.807) is 0 Å². The van der Waals surface area contributed by atoms with Gasteiger partial charge in [-0.1, -0.05) is 38.1 Å². The topological polar surface area (TPSA) is 60.7 Å². The summed E-state index contributed by atoms with van der Waals surface area (Å²) in [5.74, 6) is 0. The molecule has 0 saturated carbocycles. The molecule has 0 bridgehead atoms. The first-order valence-corrected chi connectivity index (χ1v) is 5.65. The zero-order valence-electron chi connectivity index (χ0n) is 10.1. The van der Waals surface area contributed by atoms with Crippen LogP contribution in [0.5, 0.6) is 0 Å². The van der Waals surface area contributed by atoms with Crippen LogP contribution < -0.4 is 0 Å². The predicted octanol–water partition coefficient (Wildman–Crippen LogP) is 1.14. The van der Waals surface area contributed by atoms with Crippen molar-refractivity contribution < 1.29 is 15.3 Å². The summed E-state index contributed by atoms with van der Waals surface area (Å²) in [4.78, 5) is 0. The van der Waals surface area contributed by atoms with E-state index < -0.39 is 6.10 Å². The van der Waals surface area contributed by atoms with Crippen LogP contribution >= 0.6 is 0 Å². The summed E-state index contributed by atoms with van der Waals surface area (Å²) in [6, 6.07) is 8.83. The molecule has 0 aliphatic heterocycles. The molecule has 0 amide bonds. The predicted molar refractivity (Wildman–Crippen MR) is 65.4 cm³/mol. The minimum absolute atomic E-state index is 0.365. The molecule has 0 saturated heterocycles. The summed E-state index contributed by atoms with van der Waals surface area (Å²) < 4.78 is 0. The first-order chi connectivity index (χ1) is 7.67. The molecule has 0 aliphatic rings. The minimum Gasteiger partial charge on any atom is -0.394 e. The largest absolute Gasteiger partial charge is 0.394 e. The molecule has 0 spiro atoms. The number of hydrogen-bond donors (Lipinski definition) is 3. The van der Waals surface area contributed by atoms with Crippen molar-refractivity contribution in [3.8, 4) is 0 Å². The van der Waals surface area contributed by atoms with Gasteiger partial charge in [0.15, 0.2) is 0 Å². The second-order valence-corrected chi connectivity index (χ2v) is 3.54. The lowest BCUT2D eigenvalue weighted by molar-refractivity contribution is 0.0450. The number of aliphatic hydroxyl groups excluding tert-OH is 3. The molecular formula is C13H22O3. The molecule has 92 valence electrons. The average Bonchev–Trinajstić information content (AvgIpc) is 2.38. The third-order valence-corrected chi connectivity index (χ3v) is 2.26. The van der Waals surface area contributed by atoms with Crippen molar-refractivity contribution in [3.05, 3.63) is 35.4 Å². The molecule has 0 aliphatic carbocycles. The van der Waals surface area contributed by atoms with Crippen LogP contribution in [0.25, 0.3) is 0 Å². The maximum atomic E-state index is 8.17. The molecule has 1 rings (SSSR count). The van der Waals surface area contributed by atoms with Gasteiger partial charge in [-0.05, 0) is 24.0 Å². The second kappa shape index (κ2) is 9.33. The molecule has 0 unspecified atom stereocenters. The Morgan fingerprint density at radius 2 is 1.19 bits per heavy atom. The maximum Gasteiger partial charge on any atom is 0.100 e. The minimum atomic E-state index is -0.954. The van der Waals surface area contributed by atoms with Gasteiger partial charge in [0.1, 0.15) is 6.10 Å². The highest BCUT2D eigenvalue weighted by molar-refractivity contribution is 5.22. The molecule has 3 N–H and O–H groups in total. The summed E-state index contributed by atoms with van der Waals surface area (Å²) in [5.41, 5.74) is 2.86. The highest BCUT2D eigenvalue weighted by Crippen LogP contribution is 2.04. The average molecular weight is 226 g/mol. The van der Waals surface area contributed by atoms with Crippen LogP contribution in [0.15, 0.2) is 24.3 Å². The zero-order valence-corrected chi connectivity index (χ0v) is 10.1. The first-order valence-electron chi connectivity index (χ1n) is 5.65. The van der Waals surface area contributed by atoms with E-state index in [2.05, 4.69) is 38.1 Å². The number of benzene rings is 1. The standard InChI is InChI=1S/C10H14.C3H8O3/c1-3-9-5-7-10(4-2)8-6-9;4-1-3(6)2-5/h5-8H,3-4H2,1-2H3;3-6H,1-2H2. The van der Waals surface area contributed by atoms with E-state index in [0.717, 1.165) is 12.8 Å². The number of aryl methyl sites for hydroxylation is 2. The lowest BCUT2D eigenvalue weighted by Crippen LogP contribution is -2.15. The fraction of sp³-hybridized carbons (Fsp3) is 0.538. The van der Waals surface area contributed by atoms with Crippen molar-refractivity contribution in [3.63, 3.8) is 0 Å². The molecule has 1 aromatic rings. The molecule has 1 aromatic carbocycles. The fourth-order valence-electron chi connectivity index (χ4n) is 1.07. The van der Waals surface area contributed by atoms with Gasteiger partial charge in [-0.15, -0.1) is 0 Å². The van der Waals surface area contributed by atoms with Crippen molar-refractivity contribution in [2.75, 3.05) is 13.2 Å². The third-order valence-electron chi connectivity index (χ3n) is 2.26. The molecule has 0 radical (unpaired) electrons. The normalized spacial score (nSPS) is 9.88. The molecule has 0 heterocycles. The van der Waals surface area contributed by atoms with Crippen LogP contribution in [-0.4, -0.2) is 34.6 Å². The summed E-state index contributed by atoms with van der Waals surface area (Å²) in [7, 11) is 0. The highest BCUT2D eigenvalue weighted by Gasteiger charge is 1.93. The molecule has 0 fully saturated rings. The second-order valence-electron chi connectivity index (χ2n) is 3.54. The molecular weight excluding hydrogens is 204 g/mol. The van der Waals surface area contributed by atoms with E-state index >= 15 is 0 Å². The van der Waals surface area contributed by atoms with Crippen molar-refractivity contribution in [1.29, 1.82) is 0 Å². The fourth-order valence-corrected chi connectivity index (χ4v) is 1.07. The van der Waals surface area contributed by atoms with E-state index in [1.165, 1.54) is 11.1 Å². The number of aliphatic hydroxyl groups is 3. The quantitative estimate of drug-likeness (QED) is 0.721. The Bertz CT molecular complexity index is 229. The van der Waals surface area contributed by atoms with Crippen molar-refractivity contribution in [2.45, 2.75) is 32.8 Å². The summed E-state index contributed by atoms with van der Waals surface area (Å²) in [6.07, 6.45) is 1.33. The molecule has 0 aromatic heterocycles. The van der Waals surface area contributed by atoms with Gasteiger partial charge in [-0.25, -0.2) is 0 Å². The van der Waals surface area contributed by atoms with Gasteiger partial charge in [0.2, 0.25) is 0 Å². The highest BCUT2D eigenvalue weighted by atomic mass is 16.3. The van der Waals surface area contributed by atoms with Gasteiger partial charge in [-0.3, -0.25) is 0 Å². The lowest BCUT2D eigenvalue weighted by Gasteiger charge is -1.97. The van der Waals surface area contributed by atoms with Crippen LogP contribution in [-0.2, 0) is 12.8 Å². The van der Waals surface area contributed by atoms with Gasteiger partial charge in [0.05, 0.1) is 13.2 Å². The first kappa shape index (κ1) is 15.1. The Morgan fingerprint density at radius 3 is 1.31 bits per heavy atom. The van der Waals surface area contributed by atoms with Crippen molar-refractivity contribution >= 4 is 0 Å². The number of hydrogen-bond acceptors (Lipinski definition) is 3. The van der Waals surface area contributed by atoms with Gasteiger partial charge in [-0.2, -0.15) is 0 Å². The van der Waals surface area contributed by atoms with E-state index in [0.29, 0.717) is 0 Å². The van der Waals surface area contributed by atoms with Gasteiger partial charge < -0.3 is 15.3 Å². The molecule has 3 heteroatoms. The Hall–Kier alpha value is -0.900.